The van der Waals surface area contributed by atoms with Crippen LogP contribution in [0.3, 0.4) is 0 Å². The van der Waals surface area contributed by atoms with Gasteiger partial charge in [0.25, 0.3) is 10.9 Å². The number of carbonyl (C=O) groups excluding carboxylic acids is 1. The molecule has 0 radical (unpaired) electrons. The van der Waals surface area contributed by atoms with Gasteiger partial charge in [0.1, 0.15) is 11.4 Å². The van der Waals surface area contributed by atoms with Crippen LogP contribution in [0.5, 0.6) is 0 Å². The van der Waals surface area contributed by atoms with E-state index in [2.05, 4.69) is 24.4 Å². The molecule has 2 aromatic carbocycles. The molecule has 3 rings (SSSR count). The number of hydrogen-bond donors (Lipinski definition) is 1. The van der Waals surface area contributed by atoms with E-state index in [1.807, 2.05) is 23.1 Å². The van der Waals surface area contributed by atoms with E-state index in [1.54, 1.807) is 11.8 Å². The fourth-order valence-electron chi connectivity index (χ4n) is 3.54. The summed E-state index contributed by atoms with van der Waals surface area (Å²) in [6.45, 7) is 6.13. The smallest absolute Gasteiger partial charge is 0.409 e. The van der Waals surface area contributed by atoms with E-state index < -0.39 is 10.9 Å². The van der Waals surface area contributed by atoms with Crippen LogP contribution in [0.4, 0.5) is 16.2 Å². The van der Waals surface area contributed by atoms with Gasteiger partial charge in [-0.15, -0.1) is 0 Å². The zero-order valence-electron chi connectivity index (χ0n) is 16.4. The molecule has 1 amide bonds. The molecule has 7 nitrogen and oxygen atoms in total. The first-order valence-corrected chi connectivity index (χ1v) is 9.85. The minimum Gasteiger partial charge on any atom is -0.450 e. The lowest BCUT2D eigenvalue weighted by atomic mass is 10.0. The van der Waals surface area contributed by atoms with Crippen molar-refractivity contribution in [1.29, 1.82) is 0 Å². The number of benzene rings is 1. The predicted molar refractivity (Wildman–Crippen MR) is 110 cm³/mol. The molecule has 0 spiro atoms. The molecule has 28 heavy (non-hydrogen) atoms. The van der Waals surface area contributed by atoms with Crippen LogP contribution >= 0.6 is 0 Å². The summed E-state index contributed by atoms with van der Waals surface area (Å²) in [7, 11) is 0. The van der Waals surface area contributed by atoms with Gasteiger partial charge in [0.05, 0.1) is 6.61 Å². The number of carbonyl (C=O) groups is 1. The van der Waals surface area contributed by atoms with Gasteiger partial charge >= 0.3 is 6.09 Å². The van der Waals surface area contributed by atoms with Crippen molar-refractivity contribution in [2.75, 3.05) is 43.0 Å². The number of rotatable bonds is 7. The highest BCUT2D eigenvalue weighted by Gasteiger charge is 2.30. The van der Waals surface area contributed by atoms with Crippen LogP contribution in [-0.4, -0.2) is 49.8 Å². The first-order valence-electron chi connectivity index (χ1n) is 9.85. The van der Waals surface area contributed by atoms with Crippen LogP contribution in [0.25, 0.3) is 0 Å². The van der Waals surface area contributed by atoms with Crippen molar-refractivity contribution < 1.29 is 9.53 Å². The molecule has 0 saturated carbocycles. The van der Waals surface area contributed by atoms with Gasteiger partial charge in [0, 0.05) is 32.2 Å². The molecule has 1 aliphatic heterocycles. The lowest BCUT2D eigenvalue weighted by Crippen LogP contribution is -2.53. The lowest BCUT2D eigenvalue weighted by molar-refractivity contribution is 0.105. The minimum absolute atomic E-state index is 0.0743. The third-order valence-electron chi connectivity index (χ3n) is 5.17. The van der Waals surface area contributed by atoms with E-state index in [9.17, 15) is 14.4 Å². The van der Waals surface area contributed by atoms with E-state index in [4.69, 9.17) is 4.74 Å². The van der Waals surface area contributed by atoms with Crippen molar-refractivity contribution >= 4 is 17.5 Å². The number of amides is 1. The van der Waals surface area contributed by atoms with Gasteiger partial charge in [0.15, 0.2) is 0 Å². The maximum Gasteiger partial charge on any atom is 0.409 e. The largest absolute Gasteiger partial charge is 0.450 e. The van der Waals surface area contributed by atoms with Crippen LogP contribution in [0, 0.1) is 0 Å². The summed E-state index contributed by atoms with van der Waals surface area (Å²) >= 11 is 0. The Bertz CT molecular complexity index is 866. The highest BCUT2D eigenvalue weighted by atomic mass is 16.6. The zero-order valence-corrected chi connectivity index (χ0v) is 16.4. The molecule has 1 unspecified atom stereocenters. The van der Waals surface area contributed by atoms with Gasteiger partial charge in [-0.2, -0.15) is 0 Å². The summed E-state index contributed by atoms with van der Waals surface area (Å²) in [5.41, 5.74) is 1.17. The second-order valence-corrected chi connectivity index (χ2v) is 6.99. The predicted octanol–water partition coefficient (Wildman–Crippen LogP) is 1.99. The lowest BCUT2D eigenvalue weighted by Gasteiger charge is -2.36. The van der Waals surface area contributed by atoms with E-state index in [0.717, 1.165) is 12.8 Å². The van der Waals surface area contributed by atoms with Crippen molar-refractivity contribution in [2.24, 2.45) is 0 Å². The molecule has 150 valence electrons. The van der Waals surface area contributed by atoms with Gasteiger partial charge in [-0.3, -0.25) is 9.59 Å². The average molecular weight is 385 g/mol. The van der Waals surface area contributed by atoms with Crippen LogP contribution < -0.4 is 21.1 Å². The Morgan fingerprint density at radius 1 is 1.07 bits per heavy atom. The fraction of sp³-hybridized carbons (Fsp3) is 0.476. The molecule has 1 N–H and O–H groups in total. The third-order valence-corrected chi connectivity index (χ3v) is 5.17. The summed E-state index contributed by atoms with van der Waals surface area (Å²) in [5.74, 6) is 0. The second kappa shape index (κ2) is 8.91. The van der Waals surface area contributed by atoms with Gasteiger partial charge in [-0.25, -0.2) is 4.79 Å². The van der Waals surface area contributed by atoms with Crippen LogP contribution in [0.15, 0.2) is 39.9 Å². The Morgan fingerprint density at radius 3 is 2.36 bits per heavy atom. The van der Waals surface area contributed by atoms with Crippen LogP contribution in [0.1, 0.15) is 25.8 Å². The fourth-order valence-corrected chi connectivity index (χ4v) is 3.54. The molecule has 1 aliphatic rings. The zero-order chi connectivity index (χ0) is 20.1. The molecule has 0 aromatic heterocycles. The molecule has 1 atom stereocenters. The van der Waals surface area contributed by atoms with E-state index >= 15 is 0 Å². The van der Waals surface area contributed by atoms with Gasteiger partial charge in [-0.1, -0.05) is 37.3 Å². The van der Waals surface area contributed by atoms with E-state index in [-0.39, 0.29) is 12.1 Å². The maximum atomic E-state index is 12.2. The molecule has 0 bridgehead atoms. The van der Waals surface area contributed by atoms with Gasteiger partial charge < -0.3 is 19.9 Å². The van der Waals surface area contributed by atoms with E-state index in [1.165, 1.54) is 5.56 Å². The minimum atomic E-state index is -0.450. The third kappa shape index (κ3) is 4.18. The molecular weight excluding hydrogens is 358 g/mol. The highest BCUT2D eigenvalue weighted by Crippen LogP contribution is 2.24. The first-order chi connectivity index (χ1) is 13.5. The number of hydrogen-bond acceptors (Lipinski definition) is 6. The topological polar surface area (TPSA) is 79.0 Å². The molecule has 2 aromatic rings. The Morgan fingerprint density at radius 2 is 1.75 bits per heavy atom. The Kier molecular flexibility index (Phi) is 6.34. The number of anilines is 2. The molecule has 1 fully saturated rings. The quantitative estimate of drug-likeness (QED) is 0.735. The standard InChI is InChI=1S/C21H27N3O4/c1-3-16(14-15-8-6-5-7-9-15)22-17-18(20(26)19(17)25)23-10-12-24(13-11-23)21(27)28-4-2/h5-9,16,22H,3-4,10-14H2,1-2H3. The summed E-state index contributed by atoms with van der Waals surface area (Å²) in [6.07, 6.45) is 1.29. The van der Waals surface area contributed by atoms with Crippen molar-refractivity contribution in [3.8, 4) is 0 Å². The summed E-state index contributed by atoms with van der Waals surface area (Å²) < 4.78 is 5.02. The number of ether oxygens (including phenoxy) is 1. The highest BCUT2D eigenvalue weighted by molar-refractivity contribution is 5.76. The molecular formula is C21H27N3O4. The Hall–Kier alpha value is -2.83. The molecule has 0 aliphatic carbocycles. The SMILES string of the molecule is CCOC(=O)N1CCN(c2c(NC(CC)Cc3ccccc3)c(=O)c2=O)CC1. The second-order valence-electron chi connectivity index (χ2n) is 6.99. The molecule has 1 heterocycles. The summed E-state index contributed by atoms with van der Waals surface area (Å²) in [4.78, 5) is 39.8. The summed E-state index contributed by atoms with van der Waals surface area (Å²) in [6, 6.07) is 10.2. The molecule has 7 heteroatoms. The number of nitrogens with zero attached hydrogens (tertiary/aromatic N) is 2. The normalized spacial score (nSPS) is 15.5. The number of nitrogens with one attached hydrogen (secondary N) is 1. The van der Waals surface area contributed by atoms with Crippen LogP contribution in [-0.2, 0) is 11.2 Å². The van der Waals surface area contributed by atoms with Crippen molar-refractivity contribution in [1.82, 2.24) is 4.90 Å². The van der Waals surface area contributed by atoms with Gasteiger partial charge in [-0.05, 0) is 25.3 Å². The van der Waals surface area contributed by atoms with E-state index in [0.29, 0.717) is 44.2 Å². The van der Waals surface area contributed by atoms with Crippen molar-refractivity contribution in [3.63, 3.8) is 0 Å². The maximum absolute atomic E-state index is 12.2. The van der Waals surface area contributed by atoms with Crippen molar-refractivity contribution in [3.05, 3.63) is 56.3 Å². The summed E-state index contributed by atoms with van der Waals surface area (Å²) in [5, 5.41) is 3.30. The molecule has 1 saturated heterocycles. The van der Waals surface area contributed by atoms with Crippen LogP contribution in [0.2, 0.25) is 0 Å². The number of piperazine rings is 1. The monoisotopic (exact) mass is 385 g/mol. The van der Waals surface area contributed by atoms with Gasteiger partial charge in [0.2, 0.25) is 0 Å². The van der Waals surface area contributed by atoms with Crippen molar-refractivity contribution in [2.45, 2.75) is 32.7 Å². The Balaban J connectivity index is 1.67. The average Bonchev–Trinajstić information content (AvgIpc) is 2.73. The first kappa shape index (κ1) is 19.9. The Labute approximate surface area is 164 Å².